The number of halogens is 1. The van der Waals surface area contributed by atoms with Crippen LogP contribution in [0.25, 0.3) is 0 Å². The number of aliphatic carboxylic acids is 1. The van der Waals surface area contributed by atoms with Gasteiger partial charge in [0.05, 0.1) is 13.2 Å². The van der Waals surface area contributed by atoms with Crippen molar-refractivity contribution in [2.45, 2.75) is 45.6 Å². The first-order valence-corrected chi connectivity index (χ1v) is 12.4. The summed E-state index contributed by atoms with van der Waals surface area (Å²) in [5, 5.41) is 20.1. The molecule has 1 aromatic carbocycles. The molecule has 2 aliphatic heterocycles. The van der Waals surface area contributed by atoms with Gasteiger partial charge in [-0.2, -0.15) is 0 Å². The zero-order chi connectivity index (χ0) is 26.9. The molecule has 2 aliphatic rings. The van der Waals surface area contributed by atoms with E-state index in [4.69, 9.17) is 15.3 Å². The SMILES string of the molecule is Br.CCOc1cc2c(nc1C(=O)NC)C(=N)N(CC(=O)c1ccc3c(c1)C(C)(C)CN3CCCC(=O)O)C2. The second kappa shape index (κ2) is 11.5. The summed E-state index contributed by atoms with van der Waals surface area (Å²) in [5.41, 5.74) is 3.71. The van der Waals surface area contributed by atoms with E-state index >= 15 is 0 Å². The molecule has 3 heterocycles. The number of hydrogen-bond acceptors (Lipinski definition) is 7. The summed E-state index contributed by atoms with van der Waals surface area (Å²) in [4.78, 5) is 44.7. The first kappa shape index (κ1) is 29.1. The Morgan fingerprint density at radius 2 is 1.95 bits per heavy atom. The molecule has 0 saturated heterocycles. The number of amides is 1. The molecule has 1 aromatic heterocycles. The first-order valence-electron chi connectivity index (χ1n) is 12.4. The number of hydrogen-bond donors (Lipinski definition) is 3. The fraction of sp³-hybridized carbons (Fsp3) is 0.444. The molecule has 0 aliphatic carbocycles. The number of carbonyl (C=O) groups is 3. The van der Waals surface area contributed by atoms with E-state index < -0.39 is 11.9 Å². The van der Waals surface area contributed by atoms with Crippen LogP contribution in [0.3, 0.4) is 0 Å². The third kappa shape index (κ3) is 5.67. The number of nitrogens with one attached hydrogen (secondary N) is 2. The second-order valence-corrected chi connectivity index (χ2v) is 10.0. The van der Waals surface area contributed by atoms with E-state index in [-0.39, 0.29) is 52.7 Å². The lowest BCUT2D eigenvalue weighted by Gasteiger charge is -2.22. The lowest BCUT2D eigenvalue weighted by molar-refractivity contribution is -0.137. The predicted molar refractivity (Wildman–Crippen MR) is 149 cm³/mol. The number of benzene rings is 1. The number of anilines is 1. The zero-order valence-electron chi connectivity index (χ0n) is 22.1. The molecule has 4 rings (SSSR count). The molecule has 0 atom stereocenters. The Labute approximate surface area is 232 Å². The van der Waals surface area contributed by atoms with Crippen molar-refractivity contribution in [3.05, 3.63) is 52.3 Å². The molecule has 0 bridgehead atoms. The summed E-state index contributed by atoms with van der Waals surface area (Å²) in [7, 11) is 1.51. The van der Waals surface area contributed by atoms with Gasteiger partial charge >= 0.3 is 5.97 Å². The van der Waals surface area contributed by atoms with E-state index in [0.717, 1.165) is 23.4 Å². The van der Waals surface area contributed by atoms with Crippen LogP contribution in [0.4, 0.5) is 5.69 Å². The van der Waals surface area contributed by atoms with Gasteiger partial charge in [-0.25, -0.2) is 4.98 Å². The van der Waals surface area contributed by atoms with Crippen LogP contribution in [-0.2, 0) is 16.8 Å². The van der Waals surface area contributed by atoms with Gasteiger partial charge in [-0.05, 0) is 43.2 Å². The molecule has 0 radical (unpaired) electrons. The number of ketones is 1. The molecule has 0 spiro atoms. The van der Waals surface area contributed by atoms with Crippen LogP contribution in [0.1, 0.15) is 71.3 Å². The number of nitrogens with zero attached hydrogens (tertiary/aromatic N) is 3. The van der Waals surface area contributed by atoms with Gasteiger partial charge in [0.25, 0.3) is 5.91 Å². The van der Waals surface area contributed by atoms with Gasteiger partial charge in [0.1, 0.15) is 11.5 Å². The Kier molecular flexibility index (Phi) is 8.81. The predicted octanol–water partition coefficient (Wildman–Crippen LogP) is 3.40. The van der Waals surface area contributed by atoms with Crippen molar-refractivity contribution in [2.24, 2.45) is 0 Å². The van der Waals surface area contributed by atoms with E-state index in [1.165, 1.54) is 7.05 Å². The van der Waals surface area contributed by atoms with E-state index in [2.05, 4.69) is 29.0 Å². The van der Waals surface area contributed by atoms with Gasteiger partial charge in [-0.1, -0.05) is 13.8 Å². The van der Waals surface area contributed by atoms with Gasteiger partial charge in [0.15, 0.2) is 17.2 Å². The monoisotopic (exact) mass is 587 g/mol. The third-order valence-electron chi connectivity index (χ3n) is 6.84. The summed E-state index contributed by atoms with van der Waals surface area (Å²) in [6.45, 7) is 8.17. The number of aromatic nitrogens is 1. The second-order valence-electron chi connectivity index (χ2n) is 10.0. The Hall–Kier alpha value is -3.47. The molecule has 0 unspecified atom stereocenters. The maximum atomic E-state index is 13.3. The Morgan fingerprint density at radius 1 is 1.21 bits per heavy atom. The van der Waals surface area contributed by atoms with Crippen molar-refractivity contribution in [2.75, 3.05) is 38.2 Å². The van der Waals surface area contributed by atoms with E-state index in [1.807, 2.05) is 19.1 Å². The fourth-order valence-electron chi connectivity index (χ4n) is 5.04. The van der Waals surface area contributed by atoms with Gasteiger partial charge in [-0.15, -0.1) is 17.0 Å². The lowest BCUT2D eigenvalue weighted by atomic mass is 9.85. The molecular weight excluding hydrogens is 554 g/mol. The zero-order valence-corrected chi connectivity index (χ0v) is 23.8. The third-order valence-corrected chi connectivity index (χ3v) is 6.84. The van der Waals surface area contributed by atoms with Gasteiger partial charge < -0.3 is 25.0 Å². The lowest BCUT2D eigenvalue weighted by Crippen LogP contribution is -2.31. The van der Waals surface area contributed by atoms with Gasteiger partial charge in [0, 0.05) is 55.3 Å². The normalized spacial score (nSPS) is 15.0. The van der Waals surface area contributed by atoms with Crippen LogP contribution in [-0.4, -0.2) is 71.8 Å². The molecule has 38 heavy (non-hydrogen) atoms. The topological polar surface area (TPSA) is 136 Å². The molecule has 0 fully saturated rings. The minimum atomic E-state index is -0.802. The number of carboxylic acid groups (broad SMARTS) is 1. The maximum absolute atomic E-state index is 13.3. The van der Waals surface area contributed by atoms with Crippen molar-refractivity contribution in [1.29, 1.82) is 5.41 Å². The van der Waals surface area contributed by atoms with Crippen LogP contribution in [0.5, 0.6) is 5.75 Å². The first-order chi connectivity index (χ1) is 17.6. The van der Waals surface area contributed by atoms with Crippen LogP contribution in [0.15, 0.2) is 24.3 Å². The highest BCUT2D eigenvalue weighted by Crippen LogP contribution is 2.41. The van der Waals surface area contributed by atoms with E-state index in [9.17, 15) is 14.4 Å². The van der Waals surface area contributed by atoms with Crippen LogP contribution in [0.2, 0.25) is 0 Å². The summed E-state index contributed by atoms with van der Waals surface area (Å²) in [6, 6.07) is 7.39. The number of pyridine rings is 1. The average molecular weight is 589 g/mol. The van der Waals surface area contributed by atoms with Crippen molar-refractivity contribution >= 4 is 46.2 Å². The fourth-order valence-corrected chi connectivity index (χ4v) is 5.04. The average Bonchev–Trinajstić information content (AvgIpc) is 3.29. The quantitative estimate of drug-likeness (QED) is 0.360. The summed E-state index contributed by atoms with van der Waals surface area (Å²) in [5.74, 6) is -0.857. The Balaban J connectivity index is 0.00000400. The number of ether oxygens (including phenoxy) is 1. The number of Topliss-reactive ketones (excluding diaryl/α,β-unsaturated/α-hetero) is 1. The summed E-state index contributed by atoms with van der Waals surface area (Å²) >= 11 is 0. The molecule has 2 aromatic rings. The Morgan fingerprint density at radius 3 is 2.61 bits per heavy atom. The molecule has 204 valence electrons. The van der Waals surface area contributed by atoms with E-state index in [1.54, 1.807) is 17.0 Å². The van der Waals surface area contributed by atoms with Crippen LogP contribution in [0, 0.1) is 5.41 Å². The largest absolute Gasteiger partial charge is 0.491 e. The minimum Gasteiger partial charge on any atom is -0.491 e. The van der Waals surface area contributed by atoms with Crippen molar-refractivity contribution in [1.82, 2.24) is 15.2 Å². The number of fused-ring (bicyclic) bond motifs is 2. The molecular formula is C27H34BrN5O5. The smallest absolute Gasteiger partial charge is 0.303 e. The Bertz CT molecular complexity index is 1280. The minimum absolute atomic E-state index is 0. The van der Waals surface area contributed by atoms with E-state index in [0.29, 0.717) is 43.1 Å². The van der Waals surface area contributed by atoms with Crippen LogP contribution < -0.4 is 15.0 Å². The highest BCUT2D eigenvalue weighted by atomic mass is 79.9. The van der Waals surface area contributed by atoms with Crippen molar-refractivity contribution < 1.29 is 24.2 Å². The van der Waals surface area contributed by atoms with Gasteiger partial charge in [-0.3, -0.25) is 19.8 Å². The maximum Gasteiger partial charge on any atom is 0.303 e. The standard InChI is InChI=1S/C27H33N5O5.BrH/c1-5-37-21-12-17-13-32(25(28)23(17)30-24(21)26(36)29-4)14-20(33)16-8-9-19-18(11-16)27(2,3)15-31(19)10-6-7-22(34)35;/h8-9,11-12,28H,5-7,10,13-15H2,1-4H3,(H,29,36)(H,34,35);1H. The number of amidine groups is 1. The molecule has 1 amide bonds. The van der Waals surface area contributed by atoms with Crippen molar-refractivity contribution in [3.63, 3.8) is 0 Å². The van der Waals surface area contributed by atoms with Gasteiger partial charge in [0.2, 0.25) is 0 Å². The highest BCUT2D eigenvalue weighted by molar-refractivity contribution is 8.93. The molecule has 11 heteroatoms. The number of carboxylic acids is 1. The van der Waals surface area contributed by atoms with Crippen molar-refractivity contribution in [3.8, 4) is 5.75 Å². The van der Waals surface area contributed by atoms with Crippen LogP contribution >= 0.6 is 17.0 Å². The molecule has 10 nitrogen and oxygen atoms in total. The molecule has 0 saturated carbocycles. The summed E-state index contributed by atoms with van der Waals surface area (Å²) in [6.07, 6.45) is 0.683. The number of rotatable bonds is 10. The number of carbonyl (C=O) groups excluding carboxylic acids is 2. The summed E-state index contributed by atoms with van der Waals surface area (Å²) < 4.78 is 5.60. The highest BCUT2D eigenvalue weighted by Gasteiger charge is 2.36. The molecule has 3 N–H and O–H groups in total.